The molecule has 2 rings (SSSR count). The molecule has 0 aliphatic heterocycles. The summed E-state index contributed by atoms with van der Waals surface area (Å²) >= 11 is 0. The number of amides is 3. The van der Waals surface area contributed by atoms with Crippen LogP contribution in [0, 0.1) is 0 Å². The fourth-order valence-electron chi connectivity index (χ4n) is 1.70. The van der Waals surface area contributed by atoms with Crippen LogP contribution in [0.4, 0.5) is 10.5 Å². The minimum absolute atomic E-state index is 0. The predicted molar refractivity (Wildman–Crippen MR) is 78.1 cm³/mol. The van der Waals surface area contributed by atoms with E-state index in [1.165, 1.54) is 6.20 Å². The van der Waals surface area contributed by atoms with E-state index in [2.05, 4.69) is 20.8 Å². The number of anilines is 1. The number of rotatable bonds is 5. The third-order valence-corrected chi connectivity index (χ3v) is 2.74. The zero-order valence-electron chi connectivity index (χ0n) is 11.3. The number of hydrogen-bond acceptors (Lipinski definition) is 4. The standard InChI is InChI=1S/C13H15N5O3.H2/c1-21-9-4-2-8(3-5-9)6-15-12(19)11-10(7-16-18-11)17-13(14)20;/h2-5,7H,6H2,1H3,(H,15,19)(H,16,18)(H3,14,17,20);1H. The largest absolute Gasteiger partial charge is 0.497 e. The van der Waals surface area contributed by atoms with Gasteiger partial charge in [0.2, 0.25) is 0 Å². The van der Waals surface area contributed by atoms with E-state index in [4.69, 9.17) is 10.5 Å². The van der Waals surface area contributed by atoms with Crippen molar-refractivity contribution in [1.82, 2.24) is 15.5 Å². The smallest absolute Gasteiger partial charge is 0.316 e. The molecule has 0 spiro atoms. The number of ether oxygens (including phenoxy) is 1. The highest BCUT2D eigenvalue weighted by Gasteiger charge is 2.14. The van der Waals surface area contributed by atoms with E-state index in [1.54, 1.807) is 19.2 Å². The lowest BCUT2D eigenvalue weighted by Gasteiger charge is -2.06. The van der Waals surface area contributed by atoms with Gasteiger partial charge >= 0.3 is 6.03 Å². The average Bonchev–Trinajstić information content (AvgIpc) is 2.92. The minimum Gasteiger partial charge on any atom is -0.497 e. The molecule has 0 atom stereocenters. The van der Waals surface area contributed by atoms with Gasteiger partial charge in [-0.2, -0.15) is 5.10 Å². The highest BCUT2D eigenvalue weighted by atomic mass is 16.5. The first kappa shape index (κ1) is 14.4. The molecule has 3 amide bonds. The number of urea groups is 1. The number of benzene rings is 1. The maximum atomic E-state index is 12.0. The highest BCUT2D eigenvalue weighted by molar-refractivity contribution is 6.01. The van der Waals surface area contributed by atoms with Crippen LogP contribution in [-0.4, -0.2) is 29.2 Å². The van der Waals surface area contributed by atoms with E-state index < -0.39 is 11.9 Å². The van der Waals surface area contributed by atoms with E-state index in [0.29, 0.717) is 6.54 Å². The molecule has 0 aliphatic carbocycles. The van der Waals surface area contributed by atoms with E-state index in [1.807, 2.05) is 12.1 Å². The van der Waals surface area contributed by atoms with Crippen LogP contribution in [0.3, 0.4) is 0 Å². The number of nitrogens with one attached hydrogen (secondary N) is 3. The zero-order chi connectivity index (χ0) is 15.2. The summed E-state index contributed by atoms with van der Waals surface area (Å²) in [4.78, 5) is 22.8. The highest BCUT2D eigenvalue weighted by Crippen LogP contribution is 2.13. The van der Waals surface area contributed by atoms with Gasteiger partial charge < -0.3 is 21.1 Å². The van der Waals surface area contributed by atoms with Gasteiger partial charge in [-0.3, -0.25) is 9.89 Å². The summed E-state index contributed by atoms with van der Waals surface area (Å²) in [6, 6.07) is 6.53. The van der Waals surface area contributed by atoms with Crippen molar-refractivity contribution in [3.05, 3.63) is 41.7 Å². The van der Waals surface area contributed by atoms with Crippen LogP contribution < -0.4 is 21.1 Å². The molecule has 0 radical (unpaired) electrons. The van der Waals surface area contributed by atoms with Crippen LogP contribution in [0.5, 0.6) is 5.75 Å². The Morgan fingerprint density at radius 1 is 1.38 bits per heavy atom. The molecule has 0 unspecified atom stereocenters. The second-order valence-corrected chi connectivity index (χ2v) is 4.18. The zero-order valence-corrected chi connectivity index (χ0v) is 11.3. The van der Waals surface area contributed by atoms with E-state index in [9.17, 15) is 9.59 Å². The van der Waals surface area contributed by atoms with Crippen molar-refractivity contribution in [1.29, 1.82) is 0 Å². The summed E-state index contributed by atoms with van der Waals surface area (Å²) in [5, 5.41) is 11.2. The number of hydrogen-bond donors (Lipinski definition) is 4. The Labute approximate surface area is 122 Å². The van der Waals surface area contributed by atoms with Gasteiger partial charge in [-0.1, -0.05) is 12.1 Å². The second kappa shape index (κ2) is 6.42. The normalized spacial score (nSPS) is 9.95. The molecule has 112 valence electrons. The Morgan fingerprint density at radius 2 is 2.10 bits per heavy atom. The topological polar surface area (TPSA) is 122 Å². The lowest BCUT2D eigenvalue weighted by Crippen LogP contribution is -2.26. The fourth-order valence-corrected chi connectivity index (χ4v) is 1.70. The first-order chi connectivity index (χ1) is 10.1. The summed E-state index contributed by atoms with van der Waals surface area (Å²) in [5.41, 5.74) is 6.29. The Kier molecular flexibility index (Phi) is 4.39. The van der Waals surface area contributed by atoms with Gasteiger partial charge in [0.1, 0.15) is 11.4 Å². The molecular formula is C13H17N5O3. The second-order valence-electron chi connectivity index (χ2n) is 4.18. The van der Waals surface area contributed by atoms with Crippen LogP contribution >= 0.6 is 0 Å². The van der Waals surface area contributed by atoms with Crippen molar-refractivity contribution in [2.24, 2.45) is 5.73 Å². The molecule has 8 heteroatoms. The number of aromatic amines is 1. The summed E-state index contributed by atoms with van der Waals surface area (Å²) in [7, 11) is 1.59. The molecule has 8 nitrogen and oxygen atoms in total. The van der Waals surface area contributed by atoms with Gasteiger partial charge in [0, 0.05) is 7.97 Å². The molecule has 0 saturated carbocycles. The van der Waals surface area contributed by atoms with E-state index >= 15 is 0 Å². The number of H-pyrrole nitrogens is 1. The van der Waals surface area contributed by atoms with Gasteiger partial charge in [0.15, 0.2) is 0 Å². The molecule has 1 aromatic carbocycles. The molecule has 0 saturated heterocycles. The average molecular weight is 291 g/mol. The van der Waals surface area contributed by atoms with Crippen molar-refractivity contribution in [2.45, 2.75) is 6.54 Å². The number of carbonyl (C=O) groups excluding carboxylic acids is 2. The van der Waals surface area contributed by atoms with Crippen LogP contribution in [0.2, 0.25) is 0 Å². The molecule has 1 heterocycles. The number of aromatic nitrogens is 2. The van der Waals surface area contributed by atoms with Gasteiger partial charge in [-0.25, -0.2) is 4.79 Å². The Morgan fingerprint density at radius 3 is 2.71 bits per heavy atom. The number of methoxy groups -OCH3 is 1. The lowest BCUT2D eigenvalue weighted by molar-refractivity contribution is 0.0947. The third kappa shape index (κ3) is 3.72. The maximum Gasteiger partial charge on any atom is 0.316 e. The van der Waals surface area contributed by atoms with Gasteiger partial charge in [0.05, 0.1) is 19.0 Å². The molecule has 0 fully saturated rings. The third-order valence-electron chi connectivity index (χ3n) is 2.74. The Hall–Kier alpha value is -3.03. The van der Waals surface area contributed by atoms with Crippen LogP contribution in [-0.2, 0) is 6.54 Å². The van der Waals surface area contributed by atoms with Crippen LogP contribution in [0.1, 0.15) is 17.5 Å². The van der Waals surface area contributed by atoms with Crippen LogP contribution in [0.15, 0.2) is 30.5 Å². The van der Waals surface area contributed by atoms with E-state index in [0.717, 1.165) is 11.3 Å². The van der Waals surface area contributed by atoms with Crippen molar-refractivity contribution in [3.63, 3.8) is 0 Å². The Bertz CT molecular complexity index is 641. The van der Waals surface area contributed by atoms with Crippen molar-refractivity contribution >= 4 is 17.6 Å². The Balaban J connectivity index is 0.00000242. The first-order valence-corrected chi connectivity index (χ1v) is 6.11. The number of nitrogens with zero attached hydrogens (tertiary/aromatic N) is 1. The van der Waals surface area contributed by atoms with Gasteiger partial charge in [-0.15, -0.1) is 0 Å². The summed E-state index contributed by atoms with van der Waals surface area (Å²) in [5.74, 6) is 0.346. The molecule has 1 aromatic heterocycles. The quantitative estimate of drug-likeness (QED) is 0.658. The molecule has 5 N–H and O–H groups in total. The van der Waals surface area contributed by atoms with Crippen LogP contribution in [0.25, 0.3) is 0 Å². The minimum atomic E-state index is -0.763. The molecule has 21 heavy (non-hydrogen) atoms. The number of primary amides is 1. The summed E-state index contributed by atoms with van der Waals surface area (Å²) in [6.45, 7) is 0.331. The number of carbonyl (C=O) groups is 2. The number of nitrogens with two attached hydrogens (primary N) is 1. The SMILES string of the molecule is COc1ccc(CNC(=O)c2[nH]ncc2NC(N)=O)cc1.[HH]. The van der Waals surface area contributed by atoms with Gasteiger partial charge in [0.25, 0.3) is 5.91 Å². The summed E-state index contributed by atoms with van der Waals surface area (Å²) in [6.07, 6.45) is 1.31. The summed E-state index contributed by atoms with van der Waals surface area (Å²) < 4.78 is 5.05. The van der Waals surface area contributed by atoms with Crippen molar-refractivity contribution < 1.29 is 15.8 Å². The van der Waals surface area contributed by atoms with Crippen molar-refractivity contribution in [2.75, 3.05) is 12.4 Å². The molecule has 0 aliphatic rings. The van der Waals surface area contributed by atoms with Crippen molar-refractivity contribution in [3.8, 4) is 5.75 Å². The fraction of sp³-hybridized carbons (Fsp3) is 0.154. The first-order valence-electron chi connectivity index (χ1n) is 6.11. The molecule has 0 bridgehead atoms. The maximum absolute atomic E-state index is 12.0. The molecule has 2 aromatic rings. The lowest BCUT2D eigenvalue weighted by atomic mass is 10.2. The van der Waals surface area contributed by atoms with E-state index in [-0.39, 0.29) is 12.8 Å². The monoisotopic (exact) mass is 291 g/mol. The van der Waals surface area contributed by atoms with Gasteiger partial charge in [-0.05, 0) is 17.7 Å². The molecular weight excluding hydrogens is 274 g/mol. The predicted octanol–water partition coefficient (Wildman–Crippen LogP) is 1.08.